The van der Waals surface area contributed by atoms with Gasteiger partial charge in [0.15, 0.2) is 0 Å². The van der Waals surface area contributed by atoms with E-state index in [1.165, 1.54) is 28.9 Å². The molecule has 1 nitrogen and oxygen atoms in total. The zero-order chi connectivity index (χ0) is 13.3. The third-order valence-corrected chi connectivity index (χ3v) is 5.73. The SMILES string of the molecule is CNC1C(Sc2ccc(C)cc2C)CCC1(C)C. The maximum absolute atomic E-state index is 3.53. The lowest BCUT2D eigenvalue weighted by Crippen LogP contribution is -2.41. The standard InChI is InChI=1S/C16H25NS/c1-11-6-7-13(12(2)10-11)18-14-8-9-16(3,4)15(14)17-5/h6-7,10,14-15,17H,8-9H2,1-5H3. The van der Waals surface area contributed by atoms with Gasteiger partial charge < -0.3 is 5.32 Å². The minimum atomic E-state index is 0.422. The molecule has 0 saturated heterocycles. The van der Waals surface area contributed by atoms with Crippen LogP contribution in [0.15, 0.2) is 23.1 Å². The van der Waals surface area contributed by atoms with Crippen LogP contribution in [0.1, 0.15) is 37.8 Å². The Labute approximate surface area is 116 Å². The van der Waals surface area contributed by atoms with Crippen molar-refractivity contribution in [2.75, 3.05) is 7.05 Å². The van der Waals surface area contributed by atoms with E-state index in [0.717, 1.165) is 0 Å². The van der Waals surface area contributed by atoms with Gasteiger partial charge in [0.1, 0.15) is 0 Å². The van der Waals surface area contributed by atoms with Gasteiger partial charge in [-0.05, 0) is 50.8 Å². The zero-order valence-corrected chi connectivity index (χ0v) is 13.0. The van der Waals surface area contributed by atoms with Crippen LogP contribution >= 0.6 is 11.8 Å². The lowest BCUT2D eigenvalue weighted by molar-refractivity contribution is 0.300. The van der Waals surface area contributed by atoms with Gasteiger partial charge in [-0.1, -0.05) is 31.5 Å². The Morgan fingerprint density at radius 1 is 1.28 bits per heavy atom. The van der Waals surface area contributed by atoms with Crippen molar-refractivity contribution in [2.24, 2.45) is 5.41 Å². The molecule has 2 atom stereocenters. The van der Waals surface area contributed by atoms with E-state index >= 15 is 0 Å². The number of benzene rings is 1. The van der Waals surface area contributed by atoms with Crippen molar-refractivity contribution >= 4 is 11.8 Å². The summed E-state index contributed by atoms with van der Waals surface area (Å²) in [5.41, 5.74) is 3.19. The third kappa shape index (κ3) is 2.75. The summed E-state index contributed by atoms with van der Waals surface area (Å²) in [6.07, 6.45) is 2.64. The molecule has 0 amide bonds. The van der Waals surface area contributed by atoms with Gasteiger partial charge in [-0.25, -0.2) is 0 Å². The first-order chi connectivity index (χ1) is 8.44. The highest BCUT2D eigenvalue weighted by molar-refractivity contribution is 8.00. The van der Waals surface area contributed by atoms with Crippen LogP contribution in [-0.2, 0) is 0 Å². The summed E-state index contributed by atoms with van der Waals surface area (Å²) in [7, 11) is 2.10. The predicted molar refractivity (Wildman–Crippen MR) is 81.4 cm³/mol. The molecular weight excluding hydrogens is 238 g/mol. The molecular formula is C16H25NS. The van der Waals surface area contributed by atoms with Crippen LogP contribution in [0, 0.1) is 19.3 Å². The van der Waals surface area contributed by atoms with E-state index in [1.54, 1.807) is 0 Å². The van der Waals surface area contributed by atoms with Crippen molar-refractivity contribution in [1.29, 1.82) is 0 Å². The second kappa shape index (κ2) is 5.26. The Balaban J connectivity index is 2.14. The number of rotatable bonds is 3. The molecule has 0 heterocycles. The summed E-state index contributed by atoms with van der Waals surface area (Å²) in [6, 6.07) is 7.41. The lowest BCUT2D eigenvalue weighted by atomic mass is 9.87. The monoisotopic (exact) mass is 263 g/mol. The van der Waals surface area contributed by atoms with Crippen LogP contribution < -0.4 is 5.32 Å². The maximum atomic E-state index is 3.53. The molecule has 1 N–H and O–H groups in total. The van der Waals surface area contributed by atoms with Crippen LogP contribution in [0.3, 0.4) is 0 Å². The summed E-state index contributed by atoms with van der Waals surface area (Å²) >= 11 is 2.06. The maximum Gasteiger partial charge on any atom is 0.0253 e. The molecule has 1 fully saturated rings. The normalized spacial score (nSPS) is 26.5. The van der Waals surface area contributed by atoms with Crippen molar-refractivity contribution in [3.8, 4) is 0 Å². The van der Waals surface area contributed by atoms with Gasteiger partial charge in [0.05, 0.1) is 0 Å². The van der Waals surface area contributed by atoms with Crippen molar-refractivity contribution in [3.05, 3.63) is 29.3 Å². The summed E-state index contributed by atoms with van der Waals surface area (Å²) in [4.78, 5) is 1.45. The molecule has 1 saturated carbocycles. The highest BCUT2D eigenvalue weighted by Crippen LogP contribution is 2.45. The molecule has 2 heteroatoms. The van der Waals surface area contributed by atoms with Crippen molar-refractivity contribution < 1.29 is 0 Å². The second-order valence-corrected chi connectivity index (χ2v) is 7.50. The Kier molecular flexibility index (Phi) is 4.08. The number of hydrogen-bond acceptors (Lipinski definition) is 2. The van der Waals surface area contributed by atoms with Crippen LogP contribution in [0.25, 0.3) is 0 Å². The predicted octanol–water partition coefficient (Wildman–Crippen LogP) is 4.17. The molecule has 1 aromatic carbocycles. The topological polar surface area (TPSA) is 12.0 Å². The van der Waals surface area contributed by atoms with E-state index in [0.29, 0.717) is 16.7 Å². The van der Waals surface area contributed by atoms with E-state index in [-0.39, 0.29) is 0 Å². The average Bonchev–Trinajstić information content (AvgIpc) is 2.57. The van der Waals surface area contributed by atoms with Crippen LogP contribution in [0.5, 0.6) is 0 Å². The summed E-state index contributed by atoms with van der Waals surface area (Å²) in [6.45, 7) is 9.16. The molecule has 0 aromatic heterocycles. The van der Waals surface area contributed by atoms with Gasteiger partial charge in [-0.2, -0.15) is 0 Å². The molecule has 1 aliphatic rings. The number of hydrogen-bond donors (Lipinski definition) is 1. The molecule has 2 unspecified atom stereocenters. The first-order valence-corrected chi connectivity index (χ1v) is 7.73. The van der Waals surface area contributed by atoms with Gasteiger partial charge in [-0.3, -0.25) is 0 Å². The number of thioether (sulfide) groups is 1. The van der Waals surface area contributed by atoms with E-state index in [2.05, 4.69) is 70.0 Å². The molecule has 1 aromatic rings. The van der Waals surface area contributed by atoms with E-state index in [1.807, 2.05) is 0 Å². The van der Waals surface area contributed by atoms with Crippen LogP contribution in [0.4, 0.5) is 0 Å². The summed E-state index contributed by atoms with van der Waals surface area (Å²) in [5.74, 6) is 0. The average molecular weight is 263 g/mol. The lowest BCUT2D eigenvalue weighted by Gasteiger charge is -2.30. The van der Waals surface area contributed by atoms with E-state index < -0.39 is 0 Å². The smallest absolute Gasteiger partial charge is 0.0253 e. The van der Waals surface area contributed by atoms with E-state index in [9.17, 15) is 0 Å². The third-order valence-electron chi connectivity index (χ3n) is 4.21. The Hall–Kier alpha value is -0.470. The summed E-state index contributed by atoms with van der Waals surface area (Å²) in [5, 5.41) is 4.23. The van der Waals surface area contributed by atoms with Crippen molar-refractivity contribution in [2.45, 2.75) is 56.7 Å². The first kappa shape index (κ1) is 14.0. The minimum absolute atomic E-state index is 0.422. The summed E-state index contributed by atoms with van der Waals surface area (Å²) < 4.78 is 0. The molecule has 0 radical (unpaired) electrons. The fourth-order valence-corrected chi connectivity index (χ4v) is 4.73. The van der Waals surface area contributed by atoms with Gasteiger partial charge >= 0.3 is 0 Å². The van der Waals surface area contributed by atoms with Gasteiger partial charge in [0.2, 0.25) is 0 Å². The highest BCUT2D eigenvalue weighted by Gasteiger charge is 2.41. The largest absolute Gasteiger partial charge is 0.315 e. The molecule has 1 aliphatic carbocycles. The zero-order valence-electron chi connectivity index (χ0n) is 12.2. The van der Waals surface area contributed by atoms with Gasteiger partial charge in [-0.15, -0.1) is 11.8 Å². The molecule has 0 spiro atoms. The molecule has 2 rings (SSSR count). The fourth-order valence-electron chi connectivity index (χ4n) is 3.14. The molecule has 0 aliphatic heterocycles. The quantitative estimate of drug-likeness (QED) is 0.878. The number of aryl methyl sites for hydroxylation is 2. The van der Waals surface area contributed by atoms with Crippen LogP contribution in [-0.4, -0.2) is 18.3 Å². The second-order valence-electron chi connectivity index (χ2n) is 6.22. The molecule has 100 valence electrons. The van der Waals surface area contributed by atoms with E-state index in [4.69, 9.17) is 0 Å². The van der Waals surface area contributed by atoms with Crippen molar-refractivity contribution in [3.63, 3.8) is 0 Å². The molecule has 0 bridgehead atoms. The Morgan fingerprint density at radius 2 is 2.00 bits per heavy atom. The Bertz CT molecular complexity index is 425. The van der Waals surface area contributed by atoms with Gasteiger partial charge in [0, 0.05) is 16.2 Å². The van der Waals surface area contributed by atoms with Crippen molar-refractivity contribution in [1.82, 2.24) is 5.32 Å². The minimum Gasteiger partial charge on any atom is -0.315 e. The highest BCUT2D eigenvalue weighted by atomic mass is 32.2. The fraction of sp³-hybridized carbons (Fsp3) is 0.625. The Morgan fingerprint density at radius 3 is 2.61 bits per heavy atom. The molecule has 18 heavy (non-hydrogen) atoms. The number of nitrogens with one attached hydrogen (secondary N) is 1. The first-order valence-electron chi connectivity index (χ1n) is 6.85. The van der Waals surface area contributed by atoms with Gasteiger partial charge in [0.25, 0.3) is 0 Å². The van der Waals surface area contributed by atoms with Crippen LogP contribution in [0.2, 0.25) is 0 Å².